The second kappa shape index (κ2) is 3.10. The van der Waals surface area contributed by atoms with Gasteiger partial charge in [0, 0.05) is 24.2 Å². The molecule has 0 bridgehead atoms. The third kappa shape index (κ3) is 1.21. The SMILES string of the molecule is CC(O)c1cn(C)c2cccc(F)c12. The van der Waals surface area contributed by atoms with Gasteiger partial charge in [-0.2, -0.15) is 0 Å². The molecule has 1 heterocycles. The predicted molar refractivity (Wildman–Crippen MR) is 53.5 cm³/mol. The zero-order chi connectivity index (χ0) is 10.3. The highest BCUT2D eigenvalue weighted by Crippen LogP contribution is 2.27. The Hall–Kier alpha value is -1.35. The molecule has 2 nitrogen and oxygen atoms in total. The van der Waals surface area contributed by atoms with Gasteiger partial charge >= 0.3 is 0 Å². The Morgan fingerprint density at radius 3 is 2.79 bits per heavy atom. The number of fused-ring (bicyclic) bond motifs is 1. The first-order chi connectivity index (χ1) is 6.61. The highest BCUT2D eigenvalue weighted by Gasteiger charge is 2.13. The van der Waals surface area contributed by atoms with E-state index in [2.05, 4.69) is 0 Å². The summed E-state index contributed by atoms with van der Waals surface area (Å²) in [4.78, 5) is 0. The lowest BCUT2D eigenvalue weighted by atomic mass is 10.1. The van der Waals surface area contributed by atoms with Crippen molar-refractivity contribution < 1.29 is 9.50 Å². The van der Waals surface area contributed by atoms with Crippen LogP contribution in [0.25, 0.3) is 10.9 Å². The van der Waals surface area contributed by atoms with E-state index < -0.39 is 6.10 Å². The Labute approximate surface area is 81.6 Å². The van der Waals surface area contributed by atoms with Crippen LogP contribution < -0.4 is 0 Å². The Morgan fingerprint density at radius 2 is 2.14 bits per heavy atom. The molecule has 1 unspecified atom stereocenters. The Balaban J connectivity index is 2.86. The summed E-state index contributed by atoms with van der Waals surface area (Å²) in [5, 5.41) is 10.00. The van der Waals surface area contributed by atoms with Crippen LogP contribution in [0.5, 0.6) is 0 Å². The topological polar surface area (TPSA) is 25.2 Å². The lowest BCUT2D eigenvalue weighted by Crippen LogP contribution is -1.89. The summed E-state index contributed by atoms with van der Waals surface area (Å²) < 4.78 is 15.3. The largest absolute Gasteiger partial charge is 0.389 e. The fourth-order valence-corrected chi connectivity index (χ4v) is 1.75. The molecule has 0 fully saturated rings. The summed E-state index contributed by atoms with van der Waals surface area (Å²) in [6.45, 7) is 1.64. The van der Waals surface area contributed by atoms with Crippen molar-refractivity contribution in [2.45, 2.75) is 13.0 Å². The second-order valence-electron chi connectivity index (χ2n) is 3.51. The Bertz CT molecular complexity index is 473. The number of hydrogen-bond donors (Lipinski definition) is 1. The van der Waals surface area contributed by atoms with Crippen LogP contribution >= 0.6 is 0 Å². The number of rotatable bonds is 1. The summed E-state index contributed by atoms with van der Waals surface area (Å²) in [7, 11) is 1.84. The van der Waals surface area contributed by atoms with Gasteiger partial charge in [0.25, 0.3) is 0 Å². The number of aryl methyl sites for hydroxylation is 1. The minimum absolute atomic E-state index is 0.279. The van der Waals surface area contributed by atoms with Gasteiger partial charge in [-0.3, -0.25) is 0 Å². The average molecular weight is 193 g/mol. The van der Waals surface area contributed by atoms with Crippen LogP contribution in [0.15, 0.2) is 24.4 Å². The summed E-state index contributed by atoms with van der Waals surface area (Å²) in [6.07, 6.45) is 1.12. The van der Waals surface area contributed by atoms with Gasteiger partial charge in [0.1, 0.15) is 5.82 Å². The first-order valence-corrected chi connectivity index (χ1v) is 4.52. The molecule has 0 aliphatic rings. The Kier molecular flexibility index (Phi) is 2.04. The fourth-order valence-electron chi connectivity index (χ4n) is 1.75. The molecule has 14 heavy (non-hydrogen) atoms. The van der Waals surface area contributed by atoms with Gasteiger partial charge in [-0.1, -0.05) is 6.07 Å². The van der Waals surface area contributed by atoms with Crippen LogP contribution in [0.1, 0.15) is 18.6 Å². The molecule has 1 atom stereocenters. The molecule has 1 aromatic heterocycles. The van der Waals surface area contributed by atoms with Crippen LogP contribution in [-0.4, -0.2) is 9.67 Å². The molecule has 0 radical (unpaired) electrons. The maximum Gasteiger partial charge on any atom is 0.132 e. The number of benzene rings is 1. The van der Waals surface area contributed by atoms with Crippen molar-refractivity contribution in [2.75, 3.05) is 0 Å². The number of aliphatic hydroxyl groups excluding tert-OH is 1. The van der Waals surface area contributed by atoms with Crippen LogP contribution in [0.2, 0.25) is 0 Å². The van der Waals surface area contributed by atoms with Gasteiger partial charge in [-0.25, -0.2) is 4.39 Å². The minimum Gasteiger partial charge on any atom is -0.389 e. The first-order valence-electron chi connectivity index (χ1n) is 4.52. The monoisotopic (exact) mass is 193 g/mol. The highest BCUT2D eigenvalue weighted by molar-refractivity contribution is 5.84. The average Bonchev–Trinajstić information content (AvgIpc) is 2.46. The van der Waals surface area contributed by atoms with Crippen molar-refractivity contribution in [1.29, 1.82) is 0 Å². The van der Waals surface area contributed by atoms with Crippen LogP contribution in [-0.2, 0) is 7.05 Å². The minimum atomic E-state index is -0.643. The van der Waals surface area contributed by atoms with E-state index in [1.165, 1.54) is 6.07 Å². The van der Waals surface area contributed by atoms with Crippen molar-refractivity contribution >= 4 is 10.9 Å². The molecule has 2 aromatic rings. The number of aliphatic hydroxyl groups is 1. The number of halogens is 1. The van der Waals surface area contributed by atoms with Gasteiger partial charge in [-0.05, 0) is 19.1 Å². The van der Waals surface area contributed by atoms with E-state index in [1.54, 1.807) is 19.2 Å². The van der Waals surface area contributed by atoms with Crippen molar-refractivity contribution in [3.8, 4) is 0 Å². The quantitative estimate of drug-likeness (QED) is 0.739. The molecule has 0 amide bonds. The normalized spacial score (nSPS) is 13.4. The zero-order valence-corrected chi connectivity index (χ0v) is 8.16. The van der Waals surface area contributed by atoms with Gasteiger partial charge in [0.2, 0.25) is 0 Å². The third-order valence-electron chi connectivity index (χ3n) is 2.44. The van der Waals surface area contributed by atoms with Crippen molar-refractivity contribution in [1.82, 2.24) is 4.57 Å². The molecule has 0 saturated heterocycles. The van der Waals surface area contributed by atoms with Crippen LogP contribution in [0.3, 0.4) is 0 Å². The first kappa shape index (κ1) is 9.21. The molecule has 1 N–H and O–H groups in total. The van der Waals surface area contributed by atoms with E-state index in [0.29, 0.717) is 10.9 Å². The van der Waals surface area contributed by atoms with Crippen LogP contribution in [0.4, 0.5) is 4.39 Å². The van der Waals surface area contributed by atoms with Gasteiger partial charge in [-0.15, -0.1) is 0 Å². The second-order valence-corrected chi connectivity index (χ2v) is 3.51. The molecule has 1 aromatic carbocycles. The molecule has 0 aliphatic carbocycles. The van der Waals surface area contributed by atoms with Gasteiger partial charge in [0.15, 0.2) is 0 Å². The van der Waals surface area contributed by atoms with E-state index in [4.69, 9.17) is 0 Å². The number of aromatic nitrogens is 1. The maximum absolute atomic E-state index is 13.5. The number of hydrogen-bond acceptors (Lipinski definition) is 1. The molecule has 74 valence electrons. The van der Waals surface area contributed by atoms with Gasteiger partial charge < -0.3 is 9.67 Å². The molecular weight excluding hydrogens is 181 g/mol. The predicted octanol–water partition coefficient (Wildman–Crippen LogP) is 2.37. The zero-order valence-electron chi connectivity index (χ0n) is 8.16. The molecule has 0 aliphatic heterocycles. The molecule has 0 spiro atoms. The van der Waals surface area contributed by atoms with E-state index in [0.717, 1.165) is 5.52 Å². The van der Waals surface area contributed by atoms with E-state index in [-0.39, 0.29) is 5.82 Å². The Morgan fingerprint density at radius 1 is 1.43 bits per heavy atom. The van der Waals surface area contributed by atoms with Gasteiger partial charge in [0.05, 0.1) is 11.6 Å². The van der Waals surface area contributed by atoms with Crippen molar-refractivity contribution in [2.24, 2.45) is 7.05 Å². The van der Waals surface area contributed by atoms with E-state index >= 15 is 0 Å². The standard InChI is InChI=1S/C11H12FNO/c1-7(14)8-6-13(2)10-5-3-4-9(12)11(8)10/h3-7,14H,1-2H3. The summed E-state index contributed by atoms with van der Waals surface area (Å²) in [5.74, 6) is -0.279. The van der Waals surface area contributed by atoms with Crippen molar-refractivity contribution in [3.05, 3.63) is 35.8 Å². The lowest BCUT2D eigenvalue weighted by Gasteiger charge is -2.01. The van der Waals surface area contributed by atoms with E-state index in [9.17, 15) is 9.50 Å². The van der Waals surface area contributed by atoms with Crippen LogP contribution in [0, 0.1) is 5.82 Å². The number of nitrogens with zero attached hydrogens (tertiary/aromatic N) is 1. The summed E-state index contributed by atoms with van der Waals surface area (Å²) >= 11 is 0. The molecule has 2 rings (SSSR count). The van der Waals surface area contributed by atoms with Crippen molar-refractivity contribution in [3.63, 3.8) is 0 Å². The summed E-state index contributed by atoms with van der Waals surface area (Å²) in [5.41, 5.74) is 1.45. The lowest BCUT2D eigenvalue weighted by molar-refractivity contribution is 0.200. The molecular formula is C11H12FNO. The van der Waals surface area contributed by atoms with E-state index in [1.807, 2.05) is 17.7 Å². The third-order valence-corrected chi connectivity index (χ3v) is 2.44. The highest BCUT2D eigenvalue weighted by atomic mass is 19.1. The fraction of sp³-hybridized carbons (Fsp3) is 0.273. The maximum atomic E-state index is 13.5. The molecule has 3 heteroatoms. The smallest absolute Gasteiger partial charge is 0.132 e. The summed E-state index contributed by atoms with van der Waals surface area (Å²) in [6, 6.07) is 4.92. The molecule has 0 saturated carbocycles.